The lowest BCUT2D eigenvalue weighted by atomic mass is 10.2. The van der Waals surface area contributed by atoms with Gasteiger partial charge in [0.15, 0.2) is 0 Å². The monoisotopic (exact) mass is 278 g/mol. The van der Waals surface area contributed by atoms with E-state index in [-0.39, 0.29) is 10.5 Å². The van der Waals surface area contributed by atoms with Crippen molar-refractivity contribution in [2.24, 2.45) is 0 Å². The SMILES string of the molecule is Cc1ncc(Sc2cc(C(=O)O)ccc2F)nc1C. The molecule has 2 aromatic rings. The van der Waals surface area contributed by atoms with Gasteiger partial charge < -0.3 is 5.11 Å². The molecule has 6 heteroatoms. The van der Waals surface area contributed by atoms with E-state index < -0.39 is 11.8 Å². The summed E-state index contributed by atoms with van der Waals surface area (Å²) in [5.41, 5.74) is 1.62. The van der Waals surface area contributed by atoms with Crippen LogP contribution in [0.2, 0.25) is 0 Å². The van der Waals surface area contributed by atoms with E-state index in [4.69, 9.17) is 5.11 Å². The smallest absolute Gasteiger partial charge is 0.335 e. The van der Waals surface area contributed by atoms with Crippen molar-refractivity contribution in [3.8, 4) is 0 Å². The van der Waals surface area contributed by atoms with E-state index in [9.17, 15) is 9.18 Å². The maximum atomic E-state index is 13.6. The molecule has 0 saturated heterocycles. The second-order valence-electron chi connectivity index (χ2n) is 3.93. The molecule has 0 aliphatic rings. The van der Waals surface area contributed by atoms with Gasteiger partial charge in [0.05, 0.1) is 28.0 Å². The van der Waals surface area contributed by atoms with Crippen molar-refractivity contribution in [3.05, 3.63) is 47.2 Å². The van der Waals surface area contributed by atoms with Crippen molar-refractivity contribution in [1.29, 1.82) is 0 Å². The van der Waals surface area contributed by atoms with Crippen LogP contribution >= 0.6 is 11.8 Å². The van der Waals surface area contributed by atoms with E-state index >= 15 is 0 Å². The molecule has 19 heavy (non-hydrogen) atoms. The van der Waals surface area contributed by atoms with Gasteiger partial charge >= 0.3 is 5.97 Å². The summed E-state index contributed by atoms with van der Waals surface area (Å²) < 4.78 is 13.6. The van der Waals surface area contributed by atoms with Crippen LogP contribution in [0.1, 0.15) is 21.7 Å². The molecule has 1 aromatic carbocycles. The van der Waals surface area contributed by atoms with Crippen LogP contribution in [0.4, 0.5) is 4.39 Å². The third-order valence-corrected chi connectivity index (χ3v) is 3.50. The molecular formula is C13H11FN2O2S. The number of carboxylic acid groups (broad SMARTS) is 1. The maximum Gasteiger partial charge on any atom is 0.335 e. The molecule has 1 heterocycles. The van der Waals surface area contributed by atoms with Crippen LogP contribution in [0.3, 0.4) is 0 Å². The van der Waals surface area contributed by atoms with Crippen LogP contribution in [0.15, 0.2) is 34.3 Å². The number of hydrogen-bond donors (Lipinski definition) is 1. The molecule has 0 unspecified atom stereocenters. The topological polar surface area (TPSA) is 63.1 Å². The Hall–Kier alpha value is -1.95. The largest absolute Gasteiger partial charge is 0.478 e. The first-order valence-corrected chi connectivity index (χ1v) is 6.30. The number of carboxylic acids is 1. The Labute approximate surface area is 113 Å². The summed E-state index contributed by atoms with van der Waals surface area (Å²) in [6.45, 7) is 3.65. The van der Waals surface area contributed by atoms with Gasteiger partial charge in [0.1, 0.15) is 10.8 Å². The number of aromatic carboxylic acids is 1. The molecule has 0 radical (unpaired) electrons. The lowest BCUT2D eigenvalue weighted by molar-refractivity contribution is 0.0696. The lowest BCUT2D eigenvalue weighted by Crippen LogP contribution is -1.98. The molecule has 0 saturated carbocycles. The molecule has 4 nitrogen and oxygen atoms in total. The minimum Gasteiger partial charge on any atom is -0.478 e. The van der Waals surface area contributed by atoms with Gasteiger partial charge in [-0.3, -0.25) is 4.98 Å². The number of aryl methyl sites for hydroxylation is 2. The number of nitrogens with zero attached hydrogens (tertiary/aromatic N) is 2. The van der Waals surface area contributed by atoms with Gasteiger partial charge in [-0.05, 0) is 32.0 Å². The number of benzene rings is 1. The highest BCUT2D eigenvalue weighted by molar-refractivity contribution is 7.99. The highest BCUT2D eigenvalue weighted by Gasteiger charge is 2.11. The third kappa shape index (κ3) is 3.08. The van der Waals surface area contributed by atoms with Gasteiger partial charge in [-0.2, -0.15) is 0 Å². The van der Waals surface area contributed by atoms with E-state index in [1.807, 2.05) is 13.8 Å². The molecule has 1 aromatic heterocycles. The molecule has 0 bridgehead atoms. The van der Waals surface area contributed by atoms with Crippen molar-refractivity contribution in [2.45, 2.75) is 23.8 Å². The second kappa shape index (κ2) is 5.36. The zero-order valence-electron chi connectivity index (χ0n) is 10.3. The van der Waals surface area contributed by atoms with Crippen molar-refractivity contribution in [2.75, 3.05) is 0 Å². The zero-order chi connectivity index (χ0) is 14.0. The first-order chi connectivity index (χ1) is 8.97. The Bertz CT molecular complexity index is 647. The molecule has 98 valence electrons. The number of hydrogen-bond acceptors (Lipinski definition) is 4. The molecule has 0 amide bonds. The summed E-state index contributed by atoms with van der Waals surface area (Å²) >= 11 is 1.06. The fraction of sp³-hybridized carbons (Fsp3) is 0.154. The Kier molecular flexibility index (Phi) is 3.80. The molecule has 2 rings (SSSR count). The molecule has 0 spiro atoms. The van der Waals surface area contributed by atoms with Crippen LogP contribution in [0.25, 0.3) is 0 Å². The number of aromatic nitrogens is 2. The summed E-state index contributed by atoms with van der Waals surface area (Å²) in [7, 11) is 0. The van der Waals surface area contributed by atoms with Crippen LogP contribution < -0.4 is 0 Å². The molecule has 0 aliphatic carbocycles. The van der Waals surface area contributed by atoms with Crippen molar-refractivity contribution in [3.63, 3.8) is 0 Å². The molecule has 1 N–H and O–H groups in total. The minimum atomic E-state index is -1.09. The fourth-order valence-electron chi connectivity index (χ4n) is 1.40. The van der Waals surface area contributed by atoms with E-state index in [1.54, 1.807) is 6.20 Å². The Morgan fingerprint density at radius 1 is 1.32 bits per heavy atom. The number of halogens is 1. The van der Waals surface area contributed by atoms with Gasteiger partial charge in [0, 0.05) is 0 Å². The summed E-state index contributed by atoms with van der Waals surface area (Å²) in [6.07, 6.45) is 1.54. The first-order valence-electron chi connectivity index (χ1n) is 5.48. The van der Waals surface area contributed by atoms with Gasteiger partial charge in [-0.25, -0.2) is 14.2 Å². The Morgan fingerprint density at radius 2 is 2.05 bits per heavy atom. The molecule has 0 aliphatic heterocycles. The third-order valence-electron chi connectivity index (χ3n) is 2.56. The van der Waals surface area contributed by atoms with Crippen LogP contribution in [-0.4, -0.2) is 21.0 Å². The summed E-state index contributed by atoms with van der Waals surface area (Å²) in [6, 6.07) is 3.66. The highest BCUT2D eigenvalue weighted by Crippen LogP contribution is 2.29. The molecule has 0 atom stereocenters. The maximum absolute atomic E-state index is 13.6. The number of rotatable bonds is 3. The van der Waals surface area contributed by atoms with E-state index in [0.717, 1.165) is 29.2 Å². The normalized spacial score (nSPS) is 10.5. The standard InChI is InChI=1S/C13H11FN2O2S/c1-7-8(2)16-12(6-15-7)19-11-5-9(13(17)18)3-4-10(11)14/h3-6H,1-2H3,(H,17,18). The molecule has 0 fully saturated rings. The lowest BCUT2D eigenvalue weighted by Gasteiger charge is -2.05. The predicted molar refractivity (Wildman–Crippen MR) is 69.0 cm³/mol. The Morgan fingerprint density at radius 3 is 2.68 bits per heavy atom. The van der Waals surface area contributed by atoms with Crippen LogP contribution in [0, 0.1) is 19.7 Å². The summed E-state index contributed by atoms with van der Waals surface area (Å²) in [5.74, 6) is -1.57. The Balaban J connectivity index is 2.34. The zero-order valence-corrected chi connectivity index (χ0v) is 11.2. The van der Waals surface area contributed by atoms with E-state index in [0.29, 0.717) is 5.03 Å². The van der Waals surface area contributed by atoms with Crippen molar-refractivity contribution in [1.82, 2.24) is 9.97 Å². The van der Waals surface area contributed by atoms with E-state index in [2.05, 4.69) is 9.97 Å². The highest BCUT2D eigenvalue weighted by atomic mass is 32.2. The summed E-state index contributed by atoms with van der Waals surface area (Å²) in [5, 5.41) is 9.42. The van der Waals surface area contributed by atoms with Gasteiger partial charge in [-0.1, -0.05) is 11.8 Å². The fourth-order valence-corrected chi connectivity index (χ4v) is 2.26. The van der Waals surface area contributed by atoms with E-state index in [1.165, 1.54) is 12.1 Å². The first kappa shape index (κ1) is 13.5. The number of carbonyl (C=O) groups is 1. The average molecular weight is 278 g/mol. The second-order valence-corrected chi connectivity index (χ2v) is 4.99. The minimum absolute atomic E-state index is 0.0423. The molecular weight excluding hydrogens is 267 g/mol. The van der Waals surface area contributed by atoms with Crippen molar-refractivity contribution < 1.29 is 14.3 Å². The van der Waals surface area contributed by atoms with Crippen LogP contribution in [0.5, 0.6) is 0 Å². The van der Waals surface area contributed by atoms with Crippen LogP contribution in [-0.2, 0) is 0 Å². The van der Waals surface area contributed by atoms with Gasteiger partial charge in [-0.15, -0.1) is 0 Å². The van der Waals surface area contributed by atoms with Gasteiger partial charge in [0.25, 0.3) is 0 Å². The summed E-state index contributed by atoms with van der Waals surface area (Å²) in [4.78, 5) is 19.5. The quantitative estimate of drug-likeness (QED) is 0.934. The predicted octanol–water partition coefficient (Wildman–Crippen LogP) is 3.08. The van der Waals surface area contributed by atoms with Gasteiger partial charge in [0.2, 0.25) is 0 Å². The average Bonchev–Trinajstić information content (AvgIpc) is 2.36. The van der Waals surface area contributed by atoms with Crippen molar-refractivity contribution >= 4 is 17.7 Å².